The van der Waals surface area contributed by atoms with Gasteiger partial charge in [0.1, 0.15) is 17.1 Å². The van der Waals surface area contributed by atoms with Gasteiger partial charge in [-0.15, -0.1) is 0 Å². The molecule has 5 heteroatoms. The minimum Gasteiger partial charge on any atom is -0.496 e. The zero-order valence-corrected chi connectivity index (χ0v) is 14.9. The Balaban J connectivity index is 2.12. The second kappa shape index (κ2) is 7.44. The fraction of sp³-hybridized carbons (Fsp3) is 0.190. The maximum absolute atomic E-state index is 13.2. The third-order valence-electron chi connectivity index (χ3n) is 4.17. The monoisotopic (exact) mass is 353 g/mol. The minimum absolute atomic E-state index is 0.155. The zero-order valence-electron chi connectivity index (χ0n) is 14.9. The number of hydrogen-bond donors (Lipinski definition) is 1. The first-order chi connectivity index (χ1) is 12.5. The number of methoxy groups -OCH3 is 1. The van der Waals surface area contributed by atoms with Gasteiger partial charge in [0.25, 0.3) is 0 Å². The molecule has 1 heterocycles. The largest absolute Gasteiger partial charge is 0.496 e. The van der Waals surface area contributed by atoms with Crippen LogP contribution in [0.3, 0.4) is 0 Å². The first-order valence-electron chi connectivity index (χ1n) is 8.35. The van der Waals surface area contributed by atoms with E-state index in [4.69, 9.17) is 9.15 Å². The van der Waals surface area contributed by atoms with E-state index in [9.17, 15) is 9.18 Å². The van der Waals surface area contributed by atoms with Gasteiger partial charge >= 0.3 is 0 Å². The van der Waals surface area contributed by atoms with Crippen molar-refractivity contribution in [2.24, 2.45) is 0 Å². The van der Waals surface area contributed by atoms with Crippen molar-refractivity contribution in [2.75, 3.05) is 13.7 Å². The van der Waals surface area contributed by atoms with Crippen molar-refractivity contribution in [3.8, 4) is 16.9 Å². The van der Waals surface area contributed by atoms with E-state index in [-0.39, 0.29) is 11.7 Å². The molecule has 0 spiro atoms. The number of carbonyl (C=O) groups excluding carboxylic acids is 1. The van der Waals surface area contributed by atoms with E-state index in [1.807, 2.05) is 19.9 Å². The number of nitrogens with one attached hydrogen (secondary N) is 1. The molecule has 3 aromatic rings. The Morgan fingerprint density at radius 1 is 1.27 bits per heavy atom. The topological polar surface area (TPSA) is 51.5 Å². The highest BCUT2D eigenvalue weighted by molar-refractivity contribution is 6.00. The van der Waals surface area contributed by atoms with Gasteiger partial charge in [-0.25, -0.2) is 4.39 Å². The van der Waals surface area contributed by atoms with Crippen molar-refractivity contribution in [1.82, 2.24) is 5.32 Å². The molecule has 1 amide bonds. The maximum atomic E-state index is 13.2. The number of allylic oxidation sites excluding steroid dienone is 1. The van der Waals surface area contributed by atoms with Gasteiger partial charge in [0.15, 0.2) is 0 Å². The number of likely N-dealkylation sites (N-methyl/N-ethyl adjacent to an activating group) is 1. The summed E-state index contributed by atoms with van der Waals surface area (Å²) in [4.78, 5) is 11.9. The van der Waals surface area contributed by atoms with Crippen LogP contribution in [0.4, 0.5) is 4.39 Å². The van der Waals surface area contributed by atoms with Gasteiger partial charge in [0.2, 0.25) is 5.91 Å². The molecule has 0 unspecified atom stereocenters. The van der Waals surface area contributed by atoms with Gasteiger partial charge in [-0.1, -0.05) is 12.1 Å². The van der Waals surface area contributed by atoms with Crippen LogP contribution >= 0.6 is 0 Å². The molecule has 0 aliphatic rings. The standard InChI is InChI=1S/C21H20FNO3/c1-4-23-21(24)9-13(2)16-10-17-18(14-5-7-15(22)8-6-14)12-26-20(17)11-19(16)25-3/h5-12H,4H2,1-3H3,(H,23,24)/b13-9+. The van der Waals surface area contributed by atoms with Crippen molar-refractivity contribution in [1.29, 1.82) is 0 Å². The van der Waals surface area contributed by atoms with Gasteiger partial charge in [-0.2, -0.15) is 0 Å². The van der Waals surface area contributed by atoms with Gasteiger partial charge in [0, 0.05) is 35.2 Å². The van der Waals surface area contributed by atoms with Gasteiger partial charge in [0.05, 0.1) is 13.4 Å². The number of ether oxygens (including phenoxy) is 1. The molecule has 0 radical (unpaired) electrons. The Kier molecular flexibility index (Phi) is 5.07. The normalized spacial score (nSPS) is 11.6. The van der Waals surface area contributed by atoms with Crippen LogP contribution in [0.1, 0.15) is 19.4 Å². The fourth-order valence-corrected chi connectivity index (χ4v) is 2.88. The molecule has 4 nitrogen and oxygen atoms in total. The van der Waals surface area contributed by atoms with Crippen LogP contribution in [-0.4, -0.2) is 19.6 Å². The van der Waals surface area contributed by atoms with E-state index in [0.29, 0.717) is 17.9 Å². The fourth-order valence-electron chi connectivity index (χ4n) is 2.88. The Labute approximate surface area is 151 Å². The van der Waals surface area contributed by atoms with Gasteiger partial charge < -0.3 is 14.5 Å². The summed E-state index contributed by atoms with van der Waals surface area (Å²) < 4.78 is 24.3. The van der Waals surface area contributed by atoms with Gasteiger partial charge in [-0.05, 0) is 43.2 Å². The van der Waals surface area contributed by atoms with Crippen molar-refractivity contribution in [2.45, 2.75) is 13.8 Å². The maximum Gasteiger partial charge on any atom is 0.244 e. The van der Waals surface area contributed by atoms with Crippen molar-refractivity contribution >= 4 is 22.4 Å². The van der Waals surface area contributed by atoms with Crippen LogP contribution < -0.4 is 10.1 Å². The summed E-state index contributed by atoms with van der Waals surface area (Å²) in [7, 11) is 1.58. The number of amides is 1. The molecule has 0 atom stereocenters. The summed E-state index contributed by atoms with van der Waals surface area (Å²) in [5.41, 5.74) is 3.95. The summed E-state index contributed by atoms with van der Waals surface area (Å²) in [5, 5.41) is 3.62. The molecule has 0 bridgehead atoms. The number of fused-ring (bicyclic) bond motifs is 1. The van der Waals surface area contributed by atoms with Crippen molar-refractivity contribution in [3.63, 3.8) is 0 Å². The van der Waals surface area contributed by atoms with E-state index in [2.05, 4.69) is 5.32 Å². The van der Waals surface area contributed by atoms with Crippen LogP contribution in [0.2, 0.25) is 0 Å². The number of benzene rings is 2. The molecule has 0 fully saturated rings. The third kappa shape index (κ3) is 3.47. The summed E-state index contributed by atoms with van der Waals surface area (Å²) in [5.74, 6) is 0.179. The average Bonchev–Trinajstić information content (AvgIpc) is 3.04. The molecular formula is C21H20FNO3. The molecule has 0 saturated carbocycles. The second-order valence-electron chi connectivity index (χ2n) is 5.93. The lowest BCUT2D eigenvalue weighted by atomic mass is 9.99. The highest BCUT2D eigenvalue weighted by atomic mass is 19.1. The van der Waals surface area contributed by atoms with Crippen molar-refractivity contribution < 1.29 is 18.3 Å². The van der Waals surface area contributed by atoms with E-state index in [1.165, 1.54) is 12.1 Å². The Bertz CT molecular complexity index is 971. The predicted molar refractivity (Wildman–Crippen MR) is 100 cm³/mol. The van der Waals surface area contributed by atoms with Crippen LogP contribution in [0, 0.1) is 5.82 Å². The summed E-state index contributed by atoms with van der Waals surface area (Å²) in [6.07, 6.45) is 3.19. The molecule has 0 aliphatic carbocycles. The summed E-state index contributed by atoms with van der Waals surface area (Å²) in [6, 6.07) is 9.98. The lowest BCUT2D eigenvalue weighted by Crippen LogP contribution is -2.20. The first-order valence-corrected chi connectivity index (χ1v) is 8.35. The first kappa shape index (κ1) is 17.7. The third-order valence-corrected chi connectivity index (χ3v) is 4.17. The minimum atomic E-state index is -0.287. The summed E-state index contributed by atoms with van der Waals surface area (Å²) in [6.45, 7) is 4.29. The molecule has 1 N–H and O–H groups in total. The number of hydrogen-bond acceptors (Lipinski definition) is 3. The molecule has 2 aromatic carbocycles. The Hall–Kier alpha value is -3.08. The highest BCUT2D eigenvalue weighted by Gasteiger charge is 2.15. The van der Waals surface area contributed by atoms with E-state index < -0.39 is 0 Å². The van der Waals surface area contributed by atoms with E-state index in [0.717, 1.165) is 27.6 Å². The van der Waals surface area contributed by atoms with Crippen LogP contribution in [0.25, 0.3) is 27.7 Å². The predicted octanol–water partition coefficient (Wildman–Crippen LogP) is 4.79. The number of carbonyl (C=O) groups is 1. The molecule has 0 saturated heterocycles. The Morgan fingerprint density at radius 2 is 2.00 bits per heavy atom. The molecule has 1 aromatic heterocycles. The van der Waals surface area contributed by atoms with Crippen LogP contribution in [0.5, 0.6) is 5.75 Å². The molecule has 134 valence electrons. The molecule has 0 aliphatic heterocycles. The smallest absolute Gasteiger partial charge is 0.244 e. The lowest BCUT2D eigenvalue weighted by Gasteiger charge is -2.10. The lowest BCUT2D eigenvalue weighted by molar-refractivity contribution is -0.116. The second-order valence-corrected chi connectivity index (χ2v) is 5.93. The van der Waals surface area contributed by atoms with Gasteiger partial charge in [-0.3, -0.25) is 4.79 Å². The SMILES string of the molecule is CCNC(=O)/C=C(\C)c1cc2c(-c3ccc(F)cc3)coc2cc1OC. The van der Waals surface area contributed by atoms with Crippen LogP contribution in [0.15, 0.2) is 53.2 Å². The summed E-state index contributed by atoms with van der Waals surface area (Å²) >= 11 is 0. The average molecular weight is 353 g/mol. The molecule has 3 rings (SSSR count). The van der Waals surface area contributed by atoms with E-state index >= 15 is 0 Å². The number of furan rings is 1. The number of halogens is 1. The molecular weight excluding hydrogens is 333 g/mol. The number of rotatable bonds is 5. The zero-order chi connectivity index (χ0) is 18.7. The van der Waals surface area contributed by atoms with E-state index in [1.54, 1.807) is 37.6 Å². The highest BCUT2D eigenvalue weighted by Crippen LogP contribution is 2.37. The Morgan fingerprint density at radius 3 is 2.65 bits per heavy atom. The van der Waals surface area contributed by atoms with Crippen molar-refractivity contribution in [3.05, 3.63) is 60.1 Å². The molecule has 26 heavy (non-hydrogen) atoms. The van der Waals surface area contributed by atoms with Crippen LogP contribution in [-0.2, 0) is 4.79 Å². The quantitative estimate of drug-likeness (QED) is 0.671.